The fourth-order valence-electron chi connectivity index (χ4n) is 3.86. The van der Waals surface area contributed by atoms with E-state index in [0.29, 0.717) is 41.6 Å². The van der Waals surface area contributed by atoms with Crippen LogP contribution in [0.25, 0.3) is 0 Å². The maximum Gasteiger partial charge on any atom is 0.290 e. The van der Waals surface area contributed by atoms with E-state index in [9.17, 15) is 13.2 Å². The van der Waals surface area contributed by atoms with Crippen LogP contribution in [0.2, 0.25) is 0 Å². The zero-order chi connectivity index (χ0) is 26.1. The van der Waals surface area contributed by atoms with Crippen molar-refractivity contribution >= 4 is 6.47 Å². The summed E-state index contributed by atoms with van der Waals surface area (Å²) in [5.41, 5.74) is 1.39. The molecule has 2 aromatic rings. The van der Waals surface area contributed by atoms with Crippen molar-refractivity contribution in [2.75, 3.05) is 0 Å². The third-order valence-corrected chi connectivity index (χ3v) is 5.41. The summed E-state index contributed by atoms with van der Waals surface area (Å²) in [6, 6.07) is 5.39. The van der Waals surface area contributed by atoms with Crippen LogP contribution in [-0.2, 0) is 24.2 Å². The highest BCUT2D eigenvalue weighted by Gasteiger charge is 2.34. The normalized spacial score (nSPS) is 18.4. The first-order valence-electron chi connectivity index (χ1n) is 11.8. The van der Waals surface area contributed by atoms with Crippen LogP contribution in [0.1, 0.15) is 71.6 Å². The van der Waals surface area contributed by atoms with Gasteiger partial charge in [0.25, 0.3) is 6.47 Å². The Bertz CT molecular complexity index is 921. The molecule has 2 unspecified atom stereocenters. The summed E-state index contributed by atoms with van der Waals surface area (Å²) >= 11 is 0. The van der Waals surface area contributed by atoms with Gasteiger partial charge in [-0.15, -0.1) is 0 Å². The molecule has 34 heavy (non-hydrogen) atoms. The highest BCUT2D eigenvalue weighted by molar-refractivity contribution is 5.46. The number of halogens is 3. The average Bonchev–Trinajstić information content (AvgIpc) is 3.36. The Morgan fingerprint density at radius 1 is 1.09 bits per heavy atom. The monoisotopic (exact) mass is 482 g/mol. The van der Waals surface area contributed by atoms with Gasteiger partial charge in [0, 0.05) is 17.5 Å². The van der Waals surface area contributed by atoms with Crippen molar-refractivity contribution in [1.29, 1.82) is 0 Å². The van der Waals surface area contributed by atoms with E-state index in [-0.39, 0.29) is 13.1 Å². The Hall–Kier alpha value is -2.70. The minimum Gasteiger partial charge on any atom is -0.487 e. The topological polar surface area (TPSA) is 55.8 Å². The van der Waals surface area contributed by atoms with Gasteiger partial charge in [0.2, 0.25) is 0 Å². The molecule has 0 saturated heterocycles. The van der Waals surface area contributed by atoms with Gasteiger partial charge < -0.3 is 14.6 Å². The molecule has 0 bridgehead atoms. The van der Waals surface area contributed by atoms with Gasteiger partial charge in [-0.1, -0.05) is 34.6 Å². The molecule has 4 rings (SSSR count). The predicted molar refractivity (Wildman–Crippen MR) is 128 cm³/mol. The predicted octanol–water partition coefficient (Wildman–Crippen LogP) is 7.35. The summed E-state index contributed by atoms with van der Waals surface area (Å²) in [6.07, 6.45) is 2.35. The van der Waals surface area contributed by atoms with Crippen molar-refractivity contribution in [2.24, 2.45) is 11.8 Å². The lowest BCUT2D eigenvalue weighted by Crippen LogP contribution is -2.25. The molecule has 1 aliphatic heterocycles. The first-order chi connectivity index (χ1) is 16.1. The summed E-state index contributed by atoms with van der Waals surface area (Å²) < 4.78 is 54.0. The summed E-state index contributed by atoms with van der Waals surface area (Å²) in [4.78, 5) is 8.36. The van der Waals surface area contributed by atoms with Crippen molar-refractivity contribution < 1.29 is 32.5 Å². The molecule has 0 aromatic heterocycles. The van der Waals surface area contributed by atoms with Gasteiger partial charge in [0.15, 0.2) is 17.4 Å². The van der Waals surface area contributed by atoms with Crippen molar-refractivity contribution in [3.05, 3.63) is 58.4 Å². The lowest BCUT2D eigenvalue weighted by Gasteiger charge is -2.18. The summed E-state index contributed by atoms with van der Waals surface area (Å²) in [7, 11) is 0. The SMILES string of the molecule is CC.CC.CC1CC1Cc1cc(F)c(OCc2cc(F)cc3c2OC(C)(C)C3)c(F)c1.O=CO. The molecular weight excluding hydrogens is 445 g/mol. The second kappa shape index (κ2) is 13.3. The summed E-state index contributed by atoms with van der Waals surface area (Å²) in [5.74, 6) is -0.638. The quantitative estimate of drug-likeness (QED) is 0.453. The largest absolute Gasteiger partial charge is 0.487 e. The minimum atomic E-state index is -0.729. The fraction of sp³-hybridized carbons (Fsp3) is 0.519. The van der Waals surface area contributed by atoms with E-state index in [1.165, 1.54) is 24.3 Å². The number of fused-ring (bicyclic) bond motifs is 1. The molecule has 1 fully saturated rings. The maximum absolute atomic E-state index is 14.4. The van der Waals surface area contributed by atoms with Crippen molar-refractivity contribution in [2.45, 2.75) is 79.9 Å². The number of carboxylic acid groups (broad SMARTS) is 1. The lowest BCUT2D eigenvalue weighted by atomic mass is 10.0. The second-order valence-electron chi connectivity index (χ2n) is 8.55. The van der Waals surface area contributed by atoms with Gasteiger partial charge in [-0.05, 0) is 68.4 Å². The van der Waals surface area contributed by atoms with Crippen LogP contribution in [0.15, 0.2) is 24.3 Å². The zero-order valence-electron chi connectivity index (χ0n) is 21.2. The van der Waals surface area contributed by atoms with Crippen LogP contribution in [0.4, 0.5) is 13.2 Å². The van der Waals surface area contributed by atoms with Crippen molar-refractivity contribution in [3.63, 3.8) is 0 Å². The number of hydrogen-bond acceptors (Lipinski definition) is 3. The van der Waals surface area contributed by atoms with E-state index in [1.54, 1.807) is 0 Å². The number of hydrogen-bond donors (Lipinski definition) is 1. The molecule has 4 nitrogen and oxygen atoms in total. The van der Waals surface area contributed by atoms with Crippen LogP contribution < -0.4 is 9.47 Å². The van der Waals surface area contributed by atoms with E-state index in [0.717, 1.165) is 12.0 Å². The van der Waals surface area contributed by atoms with Crippen LogP contribution in [0.3, 0.4) is 0 Å². The van der Waals surface area contributed by atoms with E-state index in [2.05, 4.69) is 6.92 Å². The molecule has 1 heterocycles. The molecule has 0 radical (unpaired) electrons. The van der Waals surface area contributed by atoms with Crippen molar-refractivity contribution in [1.82, 2.24) is 0 Å². The first-order valence-corrected chi connectivity index (χ1v) is 11.8. The van der Waals surface area contributed by atoms with Crippen LogP contribution in [-0.4, -0.2) is 17.2 Å². The van der Waals surface area contributed by atoms with Crippen molar-refractivity contribution in [3.8, 4) is 11.5 Å². The third-order valence-electron chi connectivity index (χ3n) is 5.41. The smallest absolute Gasteiger partial charge is 0.290 e. The lowest BCUT2D eigenvalue weighted by molar-refractivity contribution is -0.122. The number of rotatable bonds is 5. The Balaban J connectivity index is 0.000000750. The Kier molecular flexibility index (Phi) is 11.4. The van der Waals surface area contributed by atoms with E-state index in [1.807, 2.05) is 41.5 Å². The molecule has 2 aliphatic rings. The second-order valence-corrected chi connectivity index (χ2v) is 8.55. The molecule has 0 amide bonds. The Morgan fingerprint density at radius 2 is 1.62 bits per heavy atom. The van der Waals surface area contributed by atoms with E-state index >= 15 is 0 Å². The van der Waals surface area contributed by atoms with Gasteiger partial charge in [-0.2, -0.15) is 0 Å². The molecule has 2 atom stereocenters. The highest BCUT2D eigenvalue weighted by Crippen LogP contribution is 2.41. The molecule has 0 spiro atoms. The van der Waals surface area contributed by atoms with Crippen LogP contribution in [0.5, 0.6) is 11.5 Å². The molecule has 1 aliphatic carbocycles. The fourth-order valence-corrected chi connectivity index (χ4v) is 3.86. The Labute approximate surface area is 201 Å². The maximum atomic E-state index is 14.4. The minimum absolute atomic E-state index is 0.164. The molecule has 7 heteroatoms. The van der Waals surface area contributed by atoms with Gasteiger partial charge in [-0.25, -0.2) is 13.2 Å². The van der Waals surface area contributed by atoms with Gasteiger partial charge in [0.1, 0.15) is 23.8 Å². The highest BCUT2D eigenvalue weighted by atomic mass is 19.1. The molecule has 190 valence electrons. The zero-order valence-corrected chi connectivity index (χ0v) is 21.2. The first kappa shape index (κ1) is 29.3. The Morgan fingerprint density at radius 3 is 2.12 bits per heavy atom. The summed E-state index contributed by atoms with van der Waals surface area (Å²) in [5, 5.41) is 6.89. The summed E-state index contributed by atoms with van der Waals surface area (Å²) in [6.45, 7) is 13.5. The van der Waals surface area contributed by atoms with Gasteiger partial charge in [0.05, 0.1) is 0 Å². The average molecular weight is 483 g/mol. The van der Waals surface area contributed by atoms with Gasteiger partial charge >= 0.3 is 0 Å². The number of ether oxygens (including phenoxy) is 2. The molecule has 1 N–H and O–H groups in total. The number of benzene rings is 2. The third kappa shape index (κ3) is 7.96. The van der Waals surface area contributed by atoms with Crippen LogP contribution in [0, 0.1) is 29.3 Å². The molecule has 1 saturated carbocycles. The molecule has 2 aromatic carbocycles. The van der Waals surface area contributed by atoms with Gasteiger partial charge in [-0.3, -0.25) is 4.79 Å². The van der Waals surface area contributed by atoms with Crippen LogP contribution >= 0.6 is 0 Å². The van der Waals surface area contributed by atoms with E-state index in [4.69, 9.17) is 19.4 Å². The molecular formula is C27H37F3O4. The van der Waals surface area contributed by atoms with E-state index < -0.39 is 28.8 Å². The standard InChI is InChI=1S/C22H23F3O2.2C2H6.CH2O2/c1-12-4-14(12)5-13-6-18(24)21(19(25)7-13)26-11-16-9-17(23)8-15-10-22(2,3)27-20(15)16;2*1-2;2-1-3/h6-9,12,14H,4-5,10-11H2,1-3H3;2*1-2H3;1H,(H,2,3). The number of carbonyl (C=O) groups is 1.